The molecule has 3 N–H and O–H groups in total. The molecule has 0 aromatic heterocycles. The van der Waals surface area contributed by atoms with Gasteiger partial charge < -0.3 is 20.3 Å². The number of nitrogens with two attached hydrogens (primary N) is 1. The van der Waals surface area contributed by atoms with Gasteiger partial charge in [0, 0.05) is 12.5 Å². The van der Waals surface area contributed by atoms with Crippen LogP contribution >= 0.6 is 0 Å². The van der Waals surface area contributed by atoms with E-state index in [0.29, 0.717) is 13.0 Å². The fraction of sp³-hybridized carbons (Fsp3) is 0.917. The molecule has 1 fully saturated rings. The zero-order valence-corrected chi connectivity index (χ0v) is 11.1. The molecule has 17 heavy (non-hydrogen) atoms. The van der Waals surface area contributed by atoms with Crippen molar-refractivity contribution in [1.29, 1.82) is 0 Å². The first kappa shape index (κ1) is 14.3. The Morgan fingerprint density at radius 1 is 1.41 bits per heavy atom. The van der Waals surface area contributed by atoms with Gasteiger partial charge in [0.05, 0.1) is 13.2 Å². The number of methoxy groups -OCH3 is 1. The molecule has 0 spiro atoms. The molecule has 100 valence electrons. The second-order valence-corrected chi connectivity index (χ2v) is 5.84. The van der Waals surface area contributed by atoms with E-state index in [1.807, 2.05) is 0 Å². The monoisotopic (exact) mass is 245 g/mol. The van der Waals surface area contributed by atoms with Gasteiger partial charge in [-0.3, -0.25) is 0 Å². The van der Waals surface area contributed by atoms with Crippen LogP contribution < -0.4 is 5.73 Å². The number of carbonyl (C=O) groups is 1. The summed E-state index contributed by atoms with van der Waals surface area (Å²) in [5, 5.41) is 9.62. The average molecular weight is 245 g/mol. The molecule has 0 aromatic rings. The van der Waals surface area contributed by atoms with Crippen LogP contribution in [0.1, 0.15) is 33.6 Å². The third kappa shape index (κ3) is 2.02. The lowest BCUT2D eigenvalue weighted by Gasteiger charge is -2.62. The van der Waals surface area contributed by atoms with E-state index in [-0.39, 0.29) is 12.0 Å². The molecule has 0 saturated heterocycles. The van der Waals surface area contributed by atoms with Gasteiger partial charge in [-0.15, -0.1) is 0 Å². The van der Waals surface area contributed by atoms with Crippen LogP contribution in [-0.4, -0.2) is 37.1 Å². The number of amides is 1. The molecule has 0 radical (unpaired) electrons. The maximum absolute atomic E-state index is 11.0. The third-order valence-electron chi connectivity index (χ3n) is 4.21. The molecule has 1 rings (SSSR count). The highest BCUT2D eigenvalue weighted by molar-refractivity contribution is 5.65. The van der Waals surface area contributed by atoms with E-state index in [2.05, 4.69) is 20.8 Å². The Morgan fingerprint density at radius 3 is 2.24 bits per heavy atom. The van der Waals surface area contributed by atoms with Crippen LogP contribution in [0.2, 0.25) is 0 Å². The summed E-state index contributed by atoms with van der Waals surface area (Å²) in [4.78, 5) is 11.0. The minimum Gasteiger partial charge on any atom is -0.440 e. The summed E-state index contributed by atoms with van der Waals surface area (Å²) in [5.74, 6) is 0. The molecule has 5 nitrogen and oxygen atoms in total. The third-order valence-corrected chi connectivity index (χ3v) is 4.21. The normalized spacial score (nSPS) is 33.0. The van der Waals surface area contributed by atoms with Crippen LogP contribution in [0.3, 0.4) is 0 Å². The Kier molecular flexibility index (Phi) is 3.74. The van der Waals surface area contributed by atoms with Gasteiger partial charge in [-0.2, -0.15) is 0 Å². The van der Waals surface area contributed by atoms with Crippen molar-refractivity contribution < 1.29 is 19.4 Å². The first-order chi connectivity index (χ1) is 7.74. The Morgan fingerprint density at radius 2 is 2.00 bits per heavy atom. The maximum Gasteiger partial charge on any atom is 0.405 e. The van der Waals surface area contributed by atoms with E-state index in [1.165, 1.54) is 0 Å². The van der Waals surface area contributed by atoms with Crippen LogP contribution in [0.25, 0.3) is 0 Å². The highest BCUT2D eigenvalue weighted by Crippen LogP contribution is 2.61. The smallest absolute Gasteiger partial charge is 0.405 e. The number of hydrogen-bond acceptors (Lipinski definition) is 4. The summed E-state index contributed by atoms with van der Waals surface area (Å²) in [7, 11) is 1.61. The number of aliphatic hydroxyl groups is 1. The van der Waals surface area contributed by atoms with Gasteiger partial charge in [-0.25, -0.2) is 4.79 Å². The summed E-state index contributed by atoms with van der Waals surface area (Å²) in [6.07, 6.45) is 0.620. The topological polar surface area (TPSA) is 81.8 Å². The van der Waals surface area contributed by atoms with Gasteiger partial charge in [-0.05, 0) is 18.3 Å². The van der Waals surface area contributed by atoms with Crippen LogP contribution in [0.4, 0.5) is 4.79 Å². The van der Waals surface area contributed by atoms with Crippen molar-refractivity contribution in [1.82, 2.24) is 0 Å². The van der Waals surface area contributed by atoms with Crippen LogP contribution in [0.5, 0.6) is 0 Å². The molecule has 0 aliphatic heterocycles. The Hall–Kier alpha value is -0.810. The second-order valence-electron chi connectivity index (χ2n) is 5.84. The van der Waals surface area contributed by atoms with Gasteiger partial charge >= 0.3 is 6.09 Å². The average Bonchev–Trinajstić information content (AvgIpc) is 2.18. The minimum absolute atomic E-state index is 0.153. The van der Waals surface area contributed by atoms with Gasteiger partial charge in [0.2, 0.25) is 0 Å². The lowest BCUT2D eigenvalue weighted by Crippen LogP contribution is -2.69. The fourth-order valence-electron chi connectivity index (χ4n) is 3.03. The highest BCUT2D eigenvalue weighted by atomic mass is 16.6. The number of rotatable bonds is 4. The van der Waals surface area contributed by atoms with Gasteiger partial charge in [0.15, 0.2) is 0 Å². The molecule has 1 amide bonds. The molecule has 1 aliphatic carbocycles. The van der Waals surface area contributed by atoms with Crippen LogP contribution in [0.15, 0.2) is 0 Å². The maximum atomic E-state index is 11.0. The molecule has 2 atom stereocenters. The van der Waals surface area contributed by atoms with Crippen LogP contribution in [0, 0.1) is 10.8 Å². The van der Waals surface area contributed by atoms with Gasteiger partial charge in [-0.1, -0.05) is 20.8 Å². The van der Waals surface area contributed by atoms with Crippen LogP contribution in [-0.2, 0) is 9.47 Å². The lowest BCUT2D eigenvalue weighted by atomic mass is 9.47. The highest BCUT2D eigenvalue weighted by Gasteiger charge is 2.66. The molecular weight excluding hydrogens is 222 g/mol. The lowest BCUT2D eigenvalue weighted by molar-refractivity contribution is -0.249. The summed E-state index contributed by atoms with van der Waals surface area (Å²) in [6, 6.07) is 0. The largest absolute Gasteiger partial charge is 0.440 e. The Balaban J connectivity index is 3.09. The SMILES string of the molecule is COCC1(C(C)(C)C)CCC1(CO)OC(N)=O. The van der Waals surface area contributed by atoms with Crippen molar-refractivity contribution in [2.75, 3.05) is 20.3 Å². The summed E-state index contributed by atoms with van der Waals surface area (Å²) >= 11 is 0. The number of primary amides is 1. The van der Waals surface area contributed by atoms with E-state index >= 15 is 0 Å². The minimum atomic E-state index is -0.910. The number of carbonyl (C=O) groups excluding carboxylic acids is 1. The van der Waals surface area contributed by atoms with Crippen molar-refractivity contribution >= 4 is 6.09 Å². The van der Waals surface area contributed by atoms with Crippen molar-refractivity contribution in [3.05, 3.63) is 0 Å². The predicted molar refractivity (Wildman–Crippen MR) is 63.5 cm³/mol. The second kappa shape index (κ2) is 4.46. The first-order valence-corrected chi connectivity index (χ1v) is 5.83. The first-order valence-electron chi connectivity index (χ1n) is 5.83. The molecule has 1 saturated carbocycles. The molecule has 0 heterocycles. The molecular formula is C12H23NO4. The predicted octanol–water partition coefficient (Wildman–Crippen LogP) is 1.29. The Bertz CT molecular complexity index is 295. The van der Waals surface area contributed by atoms with E-state index in [4.69, 9.17) is 15.2 Å². The summed E-state index contributed by atoms with van der Waals surface area (Å²) in [6.45, 7) is 6.38. The van der Waals surface area contributed by atoms with E-state index in [1.54, 1.807) is 7.11 Å². The molecule has 0 aromatic carbocycles. The zero-order valence-electron chi connectivity index (χ0n) is 11.1. The van der Waals surface area contributed by atoms with E-state index in [0.717, 1.165) is 6.42 Å². The van der Waals surface area contributed by atoms with Crippen molar-refractivity contribution in [3.63, 3.8) is 0 Å². The summed E-state index contributed by atoms with van der Waals surface area (Å²) in [5.41, 5.74) is 3.66. The standard InChI is InChI=1S/C12H23NO4/c1-10(2,3)11(8-16-4)5-6-12(11,7-14)17-9(13)15/h14H,5-8H2,1-4H3,(H2,13,15). The fourth-order valence-corrected chi connectivity index (χ4v) is 3.03. The molecule has 1 aliphatic rings. The van der Waals surface area contributed by atoms with E-state index in [9.17, 15) is 9.90 Å². The van der Waals surface area contributed by atoms with Gasteiger partial charge in [0.1, 0.15) is 5.60 Å². The van der Waals surface area contributed by atoms with Gasteiger partial charge in [0.25, 0.3) is 0 Å². The van der Waals surface area contributed by atoms with Crippen molar-refractivity contribution in [2.24, 2.45) is 16.6 Å². The number of ether oxygens (including phenoxy) is 2. The molecule has 0 bridgehead atoms. The Labute approximate surface area is 102 Å². The number of aliphatic hydroxyl groups excluding tert-OH is 1. The summed E-state index contributed by atoms with van der Waals surface area (Å²) < 4.78 is 10.5. The van der Waals surface area contributed by atoms with Crippen molar-refractivity contribution in [3.8, 4) is 0 Å². The van der Waals surface area contributed by atoms with Crippen molar-refractivity contribution in [2.45, 2.75) is 39.2 Å². The zero-order chi connectivity index (χ0) is 13.3. The number of hydrogen-bond donors (Lipinski definition) is 2. The molecule has 2 unspecified atom stereocenters. The quantitative estimate of drug-likeness (QED) is 0.781. The van der Waals surface area contributed by atoms with E-state index < -0.39 is 17.1 Å². The molecule has 5 heteroatoms.